The van der Waals surface area contributed by atoms with Gasteiger partial charge in [-0.05, 0) is 36.6 Å². The number of pyridine rings is 1. The van der Waals surface area contributed by atoms with Crippen LogP contribution in [0.3, 0.4) is 0 Å². The number of nitriles is 1. The molecule has 2 aromatic carbocycles. The predicted molar refractivity (Wildman–Crippen MR) is 108 cm³/mol. The number of anilines is 1. The molecule has 1 aliphatic rings. The molecule has 0 atom stereocenters. The second kappa shape index (κ2) is 7.51. The lowest BCUT2D eigenvalue weighted by molar-refractivity contribution is 0.415. The maximum absolute atomic E-state index is 9.94. The van der Waals surface area contributed by atoms with E-state index in [1.165, 1.54) is 0 Å². The van der Waals surface area contributed by atoms with E-state index in [1.54, 1.807) is 7.11 Å². The average molecular weight is 355 g/mol. The normalized spacial score (nSPS) is 13.4. The SMILES string of the molecule is COc1ccc(-c2cc(-c3ccccc3)nc(N3CCCC3)c2C#N)cc1. The number of aromatic nitrogens is 1. The average Bonchev–Trinajstić information content (AvgIpc) is 3.28. The van der Waals surface area contributed by atoms with E-state index in [2.05, 4.69) is 23.1 Å². The smallest absolute Gasteiger partial charge is 0.147 e. The summed E-state index contributed by atoms with van der Waals surface area (Å²) in [4.78, 5) is 7.13. The Hall–Kier alpha value is -3.32. The van der Waals surface area contributed by atoms with Crippen molar-refractivity contribution in [1.82, 2.24) is 4.98 Å². The number of methoxy groups -OCH3 is 1. The van der Waals surface area contributed by atoms with Crippen molar-refractivity contribution in [2.24, 2.45) is 0 Å². The van der Waals surface area contributed by atoms with Crippen molar-refractivity contribution in [2.45, 2.75) is 12.8 Å². The second-order valence-corrected chi connectivity index (χ2v) is 6.65. The van der Waals surface area contributed by atoms with E-state index in [0.29, 0.717) is 5.56 Å². The monoisotopic (exact) mass is 355 g/mol. The summed E-state index contributed by atoms with van der Waals surface area (Å²) >= 11 is 0. The minimum absolute atomic E-state index is 0.641. The van der Waals surface area contributed by atoms with Crippen LogP contribution in [0.4, 0.5) is 5.82 Å². The Morgan fingerprint density at radius 2 is 1.67 bits per heavy atom. The molecule has 4 heteroatoms. The molecule has 0 unspecified atom stereocenters. The van der Waals surface area contributed by atoms with Gasteiger partial charge in [0.25, 0.3) is 0 Å². The molecule has 1 saturated heterocycles. The number of nitrogens with zero attached hydrogens (tertiary/aromatic N) is 3. The topological polar surface area (TPSA) is 49.1 Å². The molecule has 0 radical (unpaired) electrons. The van der Waals surface area contributed by atoms with E-state index in [4.69, 9.17) is 9.72 Å². The molecule has 27 heavy (non-hydrogen) atoms. The molecular weight excluding hydrogens is 334 g/mol. The first-order valence-electron chi connectivity index (χ1n) is 9.20. The molecular formula is C23H21N3O. The Labute approximate surface area is 159 Å². The first-order valence-corrected chi connectivity index (χ1v) is 9.20. The fraction of sp³-hybridized carbons (Fsp3) is 0.217. The van der Waals surface area contributed by atoms with Gasteiger partial charge in [0.2, 0.25) is 0 Å². The van der Waals surface area contributed by atoms with Crippen LogP contribution in [0.15, 0.2) is 60.7 Å². The van der Waals surface area contributed by atoms with E-state index in [-0.39, 0.29) is 0 Å². The molecule has 0 amide bonds. The van der Waals surface area contributed by atoms with E-state index in [0.717, 1.165) is 59.9 Å². The third-order valence-corrected chi connectivity index (χ3v) is 4.99. The molecule has 0 saturated carbocycles. The number of benzene rings is 2. The third kappa shape index (κ3) is 3.37. The van der Waals surface area contributed by atoms with Gasteiger partial charge in [0.05, 0.1) is 12.8 Å². The molecule has 0 aliphatic carbocycles. The molecule has 4 rings (SSSR count). The summed E-state index contributed by atoms with van der Waals surface area (Å²) in [5.74, 6) is 1.59. The van der Waals surface area contributed by atoms with Gasteiger partial charge in [0, 0.05) is 24.2 Å². The zero-order valence-electron chi connectivity index (χ0n) is 15.4. The van der Waals surface area contributed by atoms with Gasteiger partial charge < -0.3 is 9.64 Å². The van der Waals surface area contributed by atoms with Crippen LogP contribution < -0.4 is 9.64 Å². The van der Waals surface area contributed by atoms with Crippen molar-refractivity contribution >= 4 is 5.82 Å². The van der Waals surface area contributed by atoms with Crippen molar-refractivity contribution in [3.63, 3.8) is 0 Å². The van der Waals surface area contributed by atoms with Crippen LogP contribution in [-0.4, -0.2) is 25.2 Å². The Bertz CT molecular complexity index is 969. The van der Waals surface area contributed by atoms with E-state index >= 15 is 0 Å². The zero-order chi connectivity index (χ0) is 18.6. The summed E-state index contributed by atoms with van der Waals surface area (Å²) in [6, 6.07) is 22.4. The number of ether oxygens (including phenoxy) is 1. The molecule has 0 spiro atoms. The molecule has 3 aromatic rings. The van der Waals surface area contributed by atoms with Crippen molar-refractivity contribution in [3.8, 4) is 34.2 Å². The maximum atomic E-state index is 9.94. The standard InChI is InChI=1S/C23H21N3O/c1-27-19-11-9-17(10-12-19)20-15-22(18-7-3-2-4-8-18)25-23(21(20)16-24)26-13-5-6-14-26/h2-4,7-12,15H,5-6,13-14H2,1H3. The largest absolute Gasteiger partial charge is 0.497 e. The van der Waals surface area contributed by atoms with Gasteiger partial charge in [-0.15, -0.1) is 0 Å². The van der Waals surface area contributed by atoms with E-state index in [1.807, 2.05) is 48.5 Å². The van der Waals surface area contributed by atoms with Gasteiger partial charge in [-0.25, -0.2) is 4.98 Å². The van der Waals surface area contributed by atoms with Crippen LogP contribution in [0, 0.1) is 11.3 Å². The summed E-state index contributed by atoms with van der Waals surface area (Å²) in [6.45, 7) is 1.89. The molecule has 2 heterocycles. The molecule has 134 valence electrons. The van der Waals surface area contributed by atoms with Crippen molar-refractivity contribution in [3.05, 3.63) is 66.2 Å². The lowest BCUT2D eigenvalue weighted by atomic mass is 9.98. The lowest BCUT2D eigenvalue weighted by Crippen LogP contribution is -2.21. The summed E-state index contributed by atoms with van der Waals surface area (Å²) < 4.78 is 5.27. The Balaban J connectivity index is 1.92. The first kappa shape index (κ1) is 17.1. The molecule has 1 fully saturated rings. The summed E-state index contributed by atoms with van der Waals surface area (Å²) in [5, 5.41) is 9.94. The summed E-state index contributed by atoms with van der Waals surface area (Å²) in [6.07, 6.45) is 2.28. The second-order valence-electron chi connectivity index (χ2n) is 6.65. The van der Waals surface area contributed by atoms with Gasteiger partial charge in [0.15, 0.2) is 0 Å². The molecule has 0 bridgehead atoms. The maximum Gasteiger partial charge on any atom is 0.147 e. The van der Waals surface area contributed by atoms with Crippen molar-refractivity contribution in [1.29, 1.82) is 5.26 Å². The zero-order valence-corrected chi connectivity index (χ0v) is 15.4. The molecule has 4 nitrogen and oxygen atoms in total. The van der Waals surface area contributed by atoms with Gasteiger partial charge in [-0.3, -0.25) is 0 Å². The van der Waals surface area contributed by atoms with Crippen LogP contribution >= 0.6 is 0 Å². The third-order valence-electron chi connectivity index (χ3n) is 4.99. The van der Waals surface area contributed by atoms with Gasteiger partial charge in [-0.2, -0.15) is 5.26 Å². The highest BCUT2D eigenvalue weighted by Crippen LogP contribution is 2.35. The summed E-state index contributed by atoms with van der Waals surface area (Å²) in [7, 11) is 1.65. The van der Waals surface area contributed by atoms with Crippen LogP contribution in [0.25, 0.3) is 22.4 Å². The molecule has 0 N–H and O–H groups in total. The quantitative estimate of drug-likeness (QED) is 0.668. The van der Waals surface area contributed by atoms with Gasteiger partial charge in [-0.1, -0.05) is 42.5 Å². The van der Waals surface area contributed by atoms with Crippen LogP contribution in [0.1, 0.15) is 18.4 Å². The Morgan fingerprint density at radius 1 is 0.963 bits per heavy atom. The number of hydrogen-bond donors (Lipinski definition) is 0. The van der Waals surface area contributed by atoms with E-state index in [9.17, 15) is 5.26 Å². The van der Waals surface area contributed by atoms with Crippen molar-refractivity contribution in [2.75, 3.05) is 25.1 Å². The lowest BCUT2D eigenvalue weighted by Gasteiger charge is -2.21. The minimum atomic E-state index is 0.641. The highest BCUT2D eigenvalue weighted by molar-refractivity contribution is 5.81. The highest BCUT2D eigenvalue weighted by atomic mass is 16.5. The first-order chi connectivity index (χ1) is 13.3. The van der Waals surface area contributed by atoms with Crippen LogP contribution in [-0.2, 0) is 0 Å². The molecule has 1 aromatic heterocycles. The Kier molecular flexibility index (Phi) is 4.76. The Morgan fingerprint density at radius 3 is 2.30 bits per heavy atom. The minimum Gasteiger partial charge on any atom is -0.497 e. The number of hydrogen-bond acceptors (Lipinski definition) is 4. The van der Waals surface area contributed by atoms with Crippen LogP contribution in [0.2, 0.25) is 0 Å². The summed E-state index contributed by atoms with van der Waals surface area (Å²) in [5.41, 5.74) is 4.49. The van der Waals surface area contributed by atoms with Crippen LogP contribution in [0.5, 0.6) is 5.75 Å². The van der Waals surface area contributed by atoms with E-state index < -0.39 is 0 Å². The molecule has 1 aliphatic heterocycles. The highest BCUT2D eigenvalue weighted by Gasteiger charge is 2.22. The number of rotatable bonds is 4. The van der Waals surface area contributed by atoms with Crippen molar-refractivity contribution < 1.29 is 4.74 Å². The predicted octanol–water partition coefficient (Wildman–Crippen LogP) is 4.90. The van der Waals surface area contributed by atoms with Gasteiger partial charge >= 0.3 is 0 Å². The fourth-order valence-electron chi connectivity index (χ4n) is 3.55. The fourth-order valence-corrected chi connectivity index (χ4v) is 3.55. The van der Waals surface area contributed by atoms with Gasteiger partial charge in [0.1, 0.15) is 23.2 Å².